The van der Waals surface area contributed by atoms with E-state index in [1.807, 2.05) is 12.1 Å². The highest BCUT2D eigenvalue weighted by molar-refractivity contribution is 9.10. The summed E-state index contributed by atoms with van der Waals surface area (Å²) >= 11 is 3.38. The van der Waals surface area contributed by atoms with Crippen LogP contribution in [0.15, 0.2) is 34.8 Å². The molecule has 0 fully saturated rings. The summed E-state index contributed by atoms with van der Waals surface area (Å²) in [7, 11) is 0. The molecule has 2 heteroatoms. The van der Waals surface area contributed by atoms with E-state index in [9.17, 15) is 0 Å². The van der Waals surface area contributed by atoms with Gasteiger partial charge in [0.1, 0.15) is 0 Å². The summed E-state index contributed by atoms with van der Waals surface area (Å²) < 4.78 is 1.11. The average molecular weight is 226 g/mol. The Morgan fingerprint density at radius 2 is 1.92 bits per heavy atom. The topological polar surface area (TPSA) is 26.0 Å². The minimum atomic E-state index is 0.715. The zero-order valence-electron chi connectivity index (χ0n) is 6.83. The summed E-state index contributed by atoms with van der Waals surface area (Å²) in [5.41, 5.74) is 6.57. The monoisotopic (exact) mass is 225 g/mol. The van der Waals surface area contributed by atoms with Crippen molar-refractivity contribution >= 4 is 22.0 Å². The number of rotatable bonds is 3. The van der Waals surface area contributed by atoms with Crippen molar-refractivity contribution in [1.82, 2.24) is 0 Å². The highest BCUT2D eigenvalue weighted by Crippen LogP contribution is 2.11. The molecule has 0 spiro atoms. The molecule has 0 bridgehead atoms. The standard InChI is InChI=1S/C10H12BrN/c11-10-6-4-9(5-7-10)3-1-2-8-12/h1,3-7H,2,8,12H2. The van der Waals surface area contributed by atoms with Crippen molar-refractivity contribution in [3.05, 3.63) is 40.4 Å². The predicted octanol–water partition coefficient (Wildman–Crippen LogP) is 2.81. The van der Waals surface area contributed by atoms with E-state index in [0.717, 1.165) is 10.9 Å². The number of benzene rings is 1. The molecule has 0 aliphatic rings. The van der Waals surface area contributed by atoms with Crippen LogP contribution in [0.3, 0.4) is 0 Å². The summed E-state index contributed by atoms with van der Waals surface area (Å²) in [6.45, 7) is 0.715. The molecule has 0 atom stereocenters. The lowest BCUT2D eigenvalue weighted by Crippen LogP contribution is -1.94. The van der Waals surface area contributed by atoms with E-state index < -0.39 is 0 Å². The lowest BCUT2D eigenvalue weighted by atomic mass is 10.2. The quantitative estimate of drug-likeness (QED) is 0.842. The molecule has 0 aromatic heterocycles. The van der Waals surface area contributed by atoms with Crippen LogP contribution in [0.25, 0.3) is 6.08 Å². The van der Waals surface area contributed by atoms with Gasteiger partial charge < -0.3 is 5.73 Å². The van der Waals surface area contributed by atoms with Gasteiger partial charge >= 0.3 is 0 Å². The minimum Gasteiger partial charge on any atom is -0.330 e. The molecule has 64 valence electrons. The van der Waals surface area contributed by atoms with E-state index >= 15 is 0 Å². The number of hydrogen-bond donors (Lipinski definition) is 1. The van der Waals surface area contributed by atoms with Gasteiger partial charge in [-0.1, -0.05) is 40.2 Å². The Kier molecular flexibility index (Phi) is 4.05. The molecule has 12 heavy (non-hydrogen) atoms. The number of hydrogen-bond acceptors (Lipinski definition) is 1. The Morgan fingerprint density at radius 1 is 1.25 bits per heavy atom. The normalized spacial score (nSPS) is 10.8. The van der Waals surface area contributed by atoms with Gasteiger partial charge in [-0.25, -0.2) is 0 Å². The van der Waals surface area contributed by atoms with Crippen LogP contribution in [0.2, 0.25) is 0 Å². The first kappa shape index (κ1) is 9.49. The summed E-state index contributed by atoms with van der Waals surface area (Å²) in [5.74, 6) is 0. The van der Waals surface area contributed by atoms with E-state index in [2.05, 4.69) is 40.2 Å². The Hall–Kier alpha value is -0.600. The van der Waals surface area contributed by atoms with Crippen molar-refractivity contribution in [2.75, 3.05) is 6.54 Å². The predicted molar refractivity (Wildman–Crippen MR) is 56.8 cm³/mol. The Labute approximate surface area is 81.4 Å². The minimum absolute atomic E-state index is 0.715. The van der Waals surface area contributed by atoms with E-state index in [1.165, 1.54) is 5.56 Å². The van der Waals surface area contributed by atoms with Crippen LogP contribution in [-0.2, 0) is 0 Å². The van der Waals surface area contributed by atoms with Gasteiger partial charge in [0.25, 0.3) is 0 Å². The second-order valence-corrected chi connectivity index (χ2v) is 3.45. The molecule has 1 aromatic carbocycles. The molecule has 0 saturated heterocycles. The van der Waals surface area contributed by atoms with Crippen LogP contribution in [0.4, 0.5) is 0 Å². The largest absolute Gasteiger partial charge is 0.330 e. The van der Waals surface area contributed by atoms with Gasteiger partial charge in [0.05, 0.1) is 0 Å². The fraction of sp³-hybridized carbons (Fsp3) is 0.200. The third kappa shape index (κ3) is 3.20. The smallest absolute Gasteiger partial charge is 0.0175 e. The van der Waals surface area contributed by atoms with Gasteiger partial charge in [-0.05, 0) is 30.7 Å². The SMILES string of the molecule is NCCC=Cc1ccc(Br)cc1. The Bertz CT molecular complexity index is 251. The van der Waals surface area contributed by atoms with Gasteiger partial charge in [0.2, 0.25) is 0 Å². The third-order valence-corrected chi connectivity index (χ3v) is 2.04. The molecule has 2 N–H and O–H groups in total. The fourth-order valence-electron chi connectivity index (χ4n) is 0.890. The maximum Gasteiger partial charge on any atom is 0.0175 e. The summed E-state index contributed by atoms with van der Waals surface area (Å²) in [6, 6.07) is 8.19. The van der Waals surface area contributed by atoms with Crippen LogP contribution in [0, 0.1) is 0 Å². The van der Waals surface area contributed by atoms with Gasteiger partial charge in [-0.15, -0.1) is 0 Å². The first-order valence-corrected chi connectivity index (χ1v) is 4.74. The molecule has 0 saturated carbocycles. The van der Waals surface area contributed by atoms with Crippen molar-refractivity contribution in [3.63, 3.8) is 0 Å². The third-order valence-electron chi connectivity index (χ3n) is 1.51. The van der Waals surface area contributed by atoms with Crippen molar-refractivity contribution in [2.24, 2.45) is 5.73 Å². The first-order valence-electron chi connectivity index (χ1n) is 3.95. The van der Waals surface area contributed by atoms with E-state index in [0.29, 0.717) is 6.54 Å². The van der Waals surface area contributed by atoms with Crippen molar-refractivity contribution in [3.8, 4) is 0 Å². The molecule has 1 nitrogen and oxygen atoms in total. The van der Waals surface area contributed by atoms with Crippen LogP contribution in [-0.4, -0.2) is 6.54 Å². The lowest BCUT2D eigenvalue weighted by Gasteiger charge is -1.92. The van der Waals surface area contributed by atoms with Gasteiger partial charge in [0.15, 0.2) is 0 Å². The molecule has 0 heterocycles. The highest BCUT2D eigenvalue weighted by atomic mass is 79.9. The van der Waals surface area contributed by atoms with E-state index in [1.54, 1.807) is 0 Å². The molecule has 1 aromatic rings. The molecule has 0 aliphatic carbocycles. The number of halogens is 1. The summed E-state index contributed by atoms with van der Waals surface area (Å²) in [6.07, 6.45) is 5.11. The molecule has 1 rings (SSSR count). The van der Waals surface area contributed by atoms with Crippen LogP contribution < -0.4 is 5.73 Å². The molecule has 0 aliphatic heterocycles. The zero-order chi connectivity index (χ0) is 8.81. The van der Waals surface area contributed by atoms with Crippen molar-refractivity contribution < 1.29 is 0 Å². The van der Waals surface area contributed by atoms with E-state index in [4.69, 9.17) is 5.73 Å². The first-order chi connectivity index (χ1) is 5.83. The Balaban J connectivity index is 2.58. The molecular weight excluding hydrogens is 214 g/mol. The fourth-order valence-corrected chi connectivity index (χ4v) is 1.15. The molecule has 0 unspecified atom stereocenters. The Morgan fingerprint density at radius 3 is 2.50 bits per heavy atom. The summed E-state index contributed by atoms with van der Waals surface area (Å²) in [4.78, 5) is 0. The van der Waals surface area contributed by atoms with Crippen LogP contribution in [0.5, 0.6) is 0 Å². The lowest BCUT2D eigenvalue weighted by molar-refractivity contribution is 1.01. The molecule has 0 amide bonds. The van der Waals surface area contributed by atoms with Crippen molar-refractivity contribution in [1.29, 1.82) is 0 Å². The van der Waals surface area contributed by atoms with Crippen LogP contribution in [0.1, 0.15) is 12.0 Å². The highest BCUT2D eigenvalue weighted by Gasteiger charge is 1.85. The van der Waals surface area contributed by atoms with Gasteiger partial charge in [-0.3, -0.25) is 0 Å². The summed E-state index contributed by atoms with van der Waals surface area (Å²) in [5, 5.41) is 0. The maximum absolute atomic E-state index is 5.36. The maximum atomic E-state index is 5.36. The molecule has 0 radical (unpaired) electrons. The second kappa shape index (κ2) is 5.12. The van der Waals surface area contributed by atoms with Gasteiger partial charge in [-0.2, -0.15) is 0 Å². The average Bonchev–Trinajstić information content (AvgIpc) is 2.09. The zero-order valence-corrected chi connectivity index (χ0v) is 8.42. The number of nitrogens with two attached hydrogens (primary N) is 1. The molecular formula is C10H12BrN. The van der Waals surface area contributed by atoms with E-state index in [-0.39, 0.29) is 0 Å². The van der Waals surface area contributed by atoms with Crippen molar-refractivity contribution in [2.45, 2.75) is 6.42 Å². The van der Waals surface area contributed by atoms with Gasteiger partial charge in [0, 0.05) is 4.47 Å². The second-order valence-electron chi connectivity index (χ2n) is 2.53. The van der Waals surface area contributed by atoms with Crippen LogP contribution >= 0.6 is 15.9 Å².